The molecule has 1 N–H and O–H groups in total. The summed E-state index contributed by atoms with van der Waals surface area (Å²) in [4.78, 5) is 23.7. The van der Waals surface area contributed by atoms with Crippen molar-refractivity contribution in [3.63, 3.8) is 0 Å². The maximum atomic E-state index is 12.3. The molecule has 0 atom stereocenters. The van der Waals surface area contributed by atoms with Crippen LogP contribution >= 0.6 is 27.3 Å². The summed E-state index contributed by atoms with van der Waals surface area (Å²) in [5, 5.41) is 1.28. The van der Waals surface area contributed by atoms with E-state index < -0.39 is 0 Å². The van der Waals surface area contributed by atoms with E-state index in [9.17, 15) is 4.79 Å². The van der Waals surface area contributed by atoms with Gasteiger partial charge in [-0.05, 0) is 34.8 Å². The second kappa shape index (κ2) is 7.02. The Hall–Kier alpha value is -1.50. The van der Waals surface area contributed by atoms with Crippen LogP contribution in [0.1, 0.15) is 35.3 Å². The van der Waals surface area contributed by atoms with Crippen molar-refractivity contribution in [3.05, 3.63) is 61.1 Å². The largest absolute Gasteiger partial charge is 0.310 e. The Kier molecular flexibility index (Phi) is 4.75. The molecule has 0 unspecified atom stereocenters. The van der Waals surface area contributed by atoms with E-state index in [1.165, 1.54) is 19.4 Å². The number of thiophene rings is 1. The topological polar surface area (TPSA) is 49.0 Å². The number of nitrogens with zero attached hydrogens (tertiary/aromatic N) is 2. The third-order valence-electron chi connectivity index (χ3n) is 4.66. The molecular weight excluding hydrogens is 398 g/mol. The molecule has 4 rings (SSSR count). The van der Waals surface area contributed by atoms with Crippen LogP contribution < -0.4 is 5.56 Å². The number of halogens is 1. The molecule has 0 bridgehead atoms. The third kappa shape index (κ3) is 3.30. The molecule has 0 saturated heterocycles. The minimum Gasteiger partial charge on any atom is -0.310 e. The van der Waals surface area contributed by atoms with E-state index in [1.807, 2.05) is 11.3 Å². The van der Waals surface area contributed by atoms with Crippen molar-refractivity contribution in [3.8, 4) is 0 Å². The fraction of sp³-hybridized carbons (Fsp3) is 0.368. The molecule has 1 aliphatic rings. The Balaban J connectivity index is 1.59. The van der Waals surface area contributed by atoms with Gasteiger partial charge >= 0.3 is 0 Å². The minimum absolute atomic E-state index is 0.0520. The van der Waals surface area contributed by atoms with Gasteiger partial charge in [0.1, 0.15) is 5.82 Å². The predicted octanol–water partition coefficient (Wildman–Crippen LogP) is 4.26. The number of rotatable bonds is 4. The van der Waals surface area contributed by atoms with E-state index >= 15 is 0 Å². The molecule has 2 aromatic heterocycles. The Labute approximate surface area is 159 Å². The zero-order valence-electron chi connectivity index (χ0n) is 14.1. The number of benzene rings is 1. The average Bonchev–Trinajstić information content (AvgIpc) is 2.91. The second-order valence-corrected chi connectivity index (χ2v) is 8.41. The van der Waals surface area contributed by atoms with Crippen molar-refractivity contribution in [2.24, 2.45) is 0 Å². The van der Waals surface area contributed by atoms with E-state index in [-0.39, 0.29) is 5.56 Å². The fourth-order valence-electron chi connectivity index (χ4n) is 3.40. The van der Waals surface area contributed by atoms with Gasteiger partial charge in [-0.1, -0.05) is 25.1 Å². The summed E-state index contributed by atoms with van der Waals surface area (Å²) >= 11 is 5.60. The molecule has 130 valence electrons. The minimum atomic E-state index is 0.0520. The standard InChI is InChI=1S/C19H20BrN3OS/c1-2-5-17-21-14-10-23(9-8-12(14)19(24)22-17)11-16-18(20)13-6-3-4-7-15(13)25-16/h3-4,6-7H,2,5,8-11H2,1H3,(H,21,22,24). The first kappa shape index (κ1) is 16.9. The number of fused-ring (bicyclic) bond motifs is 2. The molecule has 0 aliphatic carbocycles. The Bertz CT molecular complexity index is 978. The van der Waals surface area contributed by atoms with E-state index in [4.69, 9.17) is 4.98 Å². The second-order valence-electron chi connectivity index (χ2n) is 6.48. The maximum absolute atomic E-state index is 12.3. The normalized spacial score (nSPS) is 14.8. The Morgan fingerprint density at radius 2 is 2.20 bits per heavy atom. The van der Waals surface area contributed by atoms with Crippen LogP contribution in [-0.4, -0.2) is 21.4 Å². The van der Waals surface area contributed by atoms with Gasteiger partial charge in [-0.2, -0.15) is 0 Å². The molecular formula is C19H20BrN3OS. The van der Waals surface area contributed by atoms with Crippen LogP contribution in [0.5, 0.6) is 0 Å². The molecule has 0 radical (unpaired) electrons. The van der Waals surface area contributed by atoms with Gasteiger partial charge in [-0.25, -0.2) is 4.98 Å². The number of aryl methyl sites for hydroxylation is 1. The van der Waals surface area contributed by atoms with Gasteiger partial charge < -0.3 is 4.98 Å². The van der Waals surface area contributed by atoms with Crippen LogP contribution in [-0.2, 0) is 25.9 Å². The quantitative estimate of drug-likeness (QED) is 0.689. The molecule has 4 nitrogen and oxygen atoms in total. The highest BCUT2D eigenvalue weighted by molar-refractivity contribution is 9.10. The molecule has 0 fully saturated rings. The molecule has 1 aliphatic heterocycles. The molecule has 0 saturated carbocycles. The van der Waals surface area contributed by atoms with Crippen LogP contribution in [0.3, 0.4) is 0 Å². The maximum Gasteiger partial charge on any atom is 0.254 e. The van der Waals surface area contributed by atoms with Crippen molar-refractivity contribution in [2.45, 2.75) is 39.3 Å². The lowest BCUT2D eigenvalue weighted by Gasteiger charge is -2.27. The molecule has 3 heterocycles. The number of nitrogens with one attached hydrogen (secondary N) is 1. The number of hydrogen-bond donors (Lipinski definition) is 1. The fourth-order valence-corrected chi connectivity index (χ4v) is 5.39. The number of aromatic amines is 1. The van der Waals surface area contributed by atoms with Crippen LogP contribution in [0.25, 0.3) is 10.1 Å². The van der Waals surface area contributed by atoms with Crippen molar-refractivity contribution in [1.82, 2.24) is 14.9 Å². The van der Waals surface area contributed by atoms with Gasteiger partial charge in [0.15, 0.2) is 0 Å². The van der Waals surface area contributed by atoms with E-state index in [1.54, 1.807) is 0 Å². The molecule has 25 heavy (non-hydrogen) atoms. The van der Waals surface area contributed by atoms with Gasteiger partial charge in [0, 0.05) is 51.1 Å². The lowest BCUT2D eigenvalue weighted by Crippen LogP contribution is -2.35. The summed E-state index contributed by atoms with van der Waals surface area (Å²) in [7, 11) is 0. The first-order chi connectivity index (χ1) is 12.2. The van der Waals surface area contributed by atoms with Crippen molar-refractivity contribution < 1.29 is 0 Å². The van der Waals surface area contributed by atoms with Crippen molar-refractivity contribution in [2.75, 3.05) is 6.54 Å². The number of aromatic nitrogens is 2. The lowest BCUT2D eigenvalue weighted by molar-refractivity contribution is 0.242. The smallest absolute Gasteiger partial charge is 0.254 e. The summed E-state index contributed by atoms with van der Waals surface area (Å²) in [6.45, 7) is 4.63. The van der Waals surface area contributed by atoms with Gasteiger partial charge in [-0.3, -0.25) is 9.69 Å². The summed E-state index contributed by atoms with van der Waals surface area (Å²) in [5.41, 5.74) is 1.87. The zero-order chi connectivity index (χ0) is 17.4. The molecule has 6 heteroatoms. The summed E-state index contributed by atoms with van der Waals surface area (Å²) in [6.07, 6.45) is 2.58. The average molecular weight is 418 g/mol. The van der Waals surface area contributed by atoms with Crippen LogP contribution in [0.4, 0.5) is 0 Å². The van der Waals surface area contributed by atoms with E-state index in [0.29, 0.717) is 0 Å². The highest BCUT2D eigenvalue weighted by Gasteiger charge is 2.22. The number of H-pyrrole nitrogens is 1. The number of hydrogen-bond acceptors (Lipinski definition) is 4. The first-order valence-electron chi connectivity index (χ1n) is 8.65. The zero-order valence-corrected chi connectivity index (χ0v) is 16.5. The van der Waals surface area contributed by atoms with Gasteiger partial charge in [0.25, 0.3) is 5.56 Å². The third-order valence-corrected chi connectivity index (χ3v) is 6.98. The first-order valence-corrected chi connectivity index (χ1v) is 10.3. The van der Waals surface area contributed by atoms with E-state index in [2.05, 4.69) is 57.0 Å². The predicted molar refractivity (Wildman–Crippen MR) is 106 cm³/mol. The molecule has 3 aromatic rings. The molecule has 0 amide bonds. The molecule has 1 aromatic carbocycles. The monoisotopic (exact) mass is 417 g/mol. The molecule has 0 spiro atoms. The van der Waals surface area contributed by atoms with E-state index in [0.717, 1.165) is 56.0 Å². The Morgan fingerprint density at radius 1 is 1.36 bits per heavy atom. The summed E-state index contributed by atoms with van der Waals surface area (Å²) in [6, 6.07) is 8.48. The highest BCUT2D eigenvalue weighted by Crippen LogP contribution is 2.36. The van der Waals surface area contributed by atoms with Gasteiger partial charge in [-0.15, -0.1) is 11.3 Å². The highest BCUT2D eigenvalue weighted by atomic mass is 79.9. The van der Waals surface area contributed by atoms with Crippen molar-refractivity contribution in [1.29, 1.82) is 0 Å². The van der Waals surface area contributed by atoms with Gasteiger partial charge in [0.2, 0.25) is 0 Å². The van der Waals surface area contributed by atoms with Crippen LogP contribution in [0, 0.1) is 0 Å². The van der Waals surface area contributed by atoms with Gasteiger partial charge in [0.05, 0.1) is 5.69 Å². The summed E-state index contributed by atoms with van der Waals surface area (Å²) in [5.74, 6) is 0.816. The SMILES string of the molecule is CCCc1nc2c(c(=O)[nH]1)CCN(Cc1sc3ccccc3c1Br)C2. The Morgan fingerprint density at radius 3 is 3.00 bits per heavy atom. The van der Waals surface area contributed by atoms with Crippen LogP contribution in [0.2, 0.25) is 0 Å². The van der Waals surface area contributed by atoms with Crippen molar-refractivity contribution >= 4 is 37.4 Å². The lowest BCUT2D eigenvalue weighted by atomic mass is 10.1. The van der Waals surface area contributed by atoms with Crippen LogP contribution in [0.15, 0.2) is 33.5 Å². The summed E-state index contributed by atoms with van der Waals surface area (Å²) < 4.78 is 2.51.